The fraction of sp³-hybridized carbons (Fsp3) is 0.211. The van der Waals surface area contributed by atoms with Gasteiger partial charge in [-0.25, -0.2) is 0 Å². The second kappa shape index (κ2) is 8.74. The number of rotatable bonds is 7. The molecule has 0 spiro atoms. The van der Waals surface area contributed by atoms with Gasteiger partial charge in [-0.15, -0.1) is 0 Å². The van der Waals surface area contributed by atoms with Crippen LogP contribution in [0.1, 0.15) is 18.1 Å². The van der Waals surface area contributed by atoms with Gasteiger partial charge in [0.25, 0.3) is 0 Å². The summed E-state index contributed by atoms with van der Waals surface area (Å²) in [4.78, 5) is 17.3. The van der Waals surface area contributed by atoms with Gasteiger partial charge in [-0.1, -0.05) is 30.3 Å². The second-order valence-corrected chi connectivity index (χ2v) is 5.02. The van der Waals surface area contributed by atoms with Crippen LogP contribution in [0.2, 0.25) is 0 Å². The third-order valence-corrected chi connectivity index (χ3v) is 3.37. The SMILES string of the molecule is COc1ccc(CON(/C=C/c2ccccc2)C(C)=O)c(OC)c1. The van der Waals surface area contributed by atoms with Crippen molar-refractivity contribution in [2.75, 3.05) is 14.2 Å². The highest BCUT2D eigenvalue weighted by atomic mass is 16.7. The lowest BCUT2D eigenvalue weighted by Crippen LogP contribution is -2.23. The van der Waals surface area contributed by atoms with E-state index in [0.29, 0.717) is 11.5 Å². The van der Waals surface area contributed by atoms with Crippen LogP contribution >= 0.6 is 0 Å². The molecule has 0 aliphatic carbocycles. The Morgan fingerprint density at radius 3 is 2.46 bits per heavy atom. The van der Waals surface area contributed by atoms with Gasteiger partial charge in [0.05, 0.1) is 14.2 Å². The maximum Gasteiger partial charge on any atom is 0.247 e. The Hall–Kier alpha value is -2.79. The van der Waals surface area contributed by atoms with E-state index in [-0.39, 0.29) is 12.5 Å². The highest BCUT2D eigenvalue weighted by molar-refractivity contribution is 5.74. The van der Waals surface area contributed by atoms with Crippen molar-refractivity contribution >= 4 is 12.0 Å². The first-order valence-electron chi connectivity index (χ1n) is 7.51. The van der Waals surface area contributed by atoms with Gasteiger partial charge < -0.3 is 9.47 Å². The fourth-order valence-corrected chi connectivity index (χ4v) is 2.07. The van der Waals surface area contributed by atoms with E-state index >= 15 is 0 Å². The molecule has 24 heavy (non-hydrogen) atoms. The van der Waals surface area contributed by atoms with Crippen molar-refractivity contribution in [1.82, 2.24) is 5.06 Å². The highest BCUT2D eigenvalue weighted by Gasteiger charge is 2.10. The van der Waals surface area contributed by atoms with Crippen molar-refractivity contribution in [3.05, 3.63) is 65.9 Å². The molecular formula is C19H21NO4. The fourth-order valence-electron chi connectivity index (χ4n) is 2.07. The molecule has 0 saturated carbocycles. The number of hydroxylamine groups is 2. The molecule has 2 aromatic carbocycles. The number of benzene rings is 2. The van der Waals surface area contributed by atoms with Crippen LogP contribution in [0, 0.1) is 0 Å². The zero-order valence-corrected chi connectivity index (χ0v) is 14.1. The molecule has 0 atom stereocenters. The molecule has 0 radical (unpaired) electrons. The predicted molar refractivity (Wildman–Crippen MR) is 92.3 cm³/mol. The molecule has 2 rings (SSSR count). The third kappa shape index (κ3) is 4.86. The normalized spacial score (nSPS) is 10.6. The van der Waals surface area contributed by atoms with Gasteiger partial charge in [-0.3, -0.25) is 9.63 Å². The lowest BCUT2D eigenvalue weighted by molar-refractivity contribution is -0.171. The number of carbonyl (C=O) groups is 1. The molecule has 0 aliphatic heterocycles. The van der Waals surface area contributed by atoms with Crippen molar-refractivity contribution < 1.29 is 19.1 Å². The summed E-state index contributed by atoms with van der Waals surface area (Å²) in [5.74, 6) is 1.13. The molecule has 5 heteroatoms. The molecule has 2 aromatic rings. The minimum Gasteiger partial charge on any atom is -0.497 e. The molecule has 1 amide bonds. The first-order valence-corrected chi connectivity index (χ1v) is 7.51. The zero-order chi connectivity index (χ0) is 17.4. The summed E-state index contributed by atoms with van der Waals surface area (Å²) >= 11 is 0. The predicted octanol–water partition coefficient (Wildman–Crippen LogP) is 3.65. The average Bonchev–Trinajstić information content (AvgIpc) is 2.62. The number of ether oxygens (including phenoxy) is 2. The molecule has 0 unspecified atom stereocenters. The maximum absolute atomic E-state index is 11.7. The van der Waals surface area contributed by atoms with Crippen LogP contribution in [-0.4, -0.2) is 25.2 Å². The quantitative estimate of drug-likeness (QED) is 0.728. The Bertz CT molecular complexity index is 698. The molecule has 5 nitrogen and oxygen atoms in total. The molecule has 0 heterocycles. The first-order chi connectivity index (χ1) is 11.6. The Balaban J connectivity index is 2.06. The van der Waals surface area contributed by atoms with Crippen LogP contribution in [-0.2, 0) is 16.2 Å². The molecule has 0 N–H and O–H groups in total. The Labute approximate surface area is 142 Å². The van der Waals surface area contributed by atoms with E-state index < -0.39 is 0 Å². The molecule has 0 fully saturated rings. The monoisotopic (exact) mass is 327 g/mol. The minimum atomic E-state index is -0.213. The summed E-state index contributed by atoms with van der Waals surface area (Å²) in [5, 5.41) is 1.21. The summed E-state index contributed by atoms with van der Waals surface area (Å²) in [7, 11) is 3.17. The number of carbonyl (C=O) groups excluding carboxylic acids is 1. The Morgan fingerprint density at radius 2 is 1.83 bits per heavy atom. The van der Waals surface area contributed by atoms with Gasteiger partial charge in [0.1, 0.15) is 18.1 Å². The van der Waals surface area contributed by atoms with Crippen molar-refractivity contribution in [2.24, 2.45) is 0 Å². The first kappa shape index (κ1) is 17.6. The van der Waals surface area contributed by atoms with Gasteiger partial charge in [0.15, 0.2) is 0 Å². The number of amides is 1. The van der Waals surface area contributed by atoms with E-state index in [1.807, 2.05) is 48.5 Å². The smallest absolute Gasteiger partial charge is 0.247 e. The van der Waals surface area contributed by atoms with E-state index in [9.17, 15) is 4.79 Å². The molecule has 0 bridgehead atoms. The highest BCUT2D eigenvalue weighted by Crippen LogP contribution is 2.25. The van der Waals surface area contributed by atoms with Gasteiger partial charge in [-0.2, -0.15) is 5.06 Å². The van der Waals surface area contributed by atoms with Crippen LogP contribution in [0.3, 0.4) is 0 Å². The third-order valence-electron chi connectivity index (χ3n) is 3.37. The van der Waals surface area contributed by atoms with Gasteiger partial charge in [0, 0.05) is 24.8 Å². The Morgan fingerprint density at radius 1 is 1.08 bits per heavy atom. The Kier molecular flexibility index (Phi) is 6.40. The summed E-state index contributed by atoms with van der Waals surface area (Å²) in [5.41, 5.74) is 1.80. The summed E-state index contributed by atoms with van der Waals surface area (Å²) in [6.07, 6.45) is 3.42. The average molecular weight is 327 g/mol. The molecule has 0 saturated heterocycles. The van der Waals surface area contributed by atoms with E-state index in [1.165, 1.54) is 12.0 Å². The van der Waals surface area contributed by atoms with Crippen LogP contribution in [0.25, 0.3) is 6.08 Å². The summed E-state index contributed by atoms with van der Waals surface area (Å²) < 4.78 is 10.5. The van der Waals surface area contributed by atoms with Crippen molar-refractivity contribution in [2.45, 2.75) is 13.5 Å². The van der Waals surface area contributed by atoms with Crippen LogP contribution < -0.4 is 9.47 Å². The molecular weight excluding hydrogens is 306 g/mol. The van der Waals surface area contributed by atoms with Crippen LogP contribution in [0.5, 0.6) is 11.5 Å². The summed E-state index contributed by atoms with van der Waals surface area (Å²) in [6, 6.07) is 15.1. The van der Waals surface area contributed by atoms with Crippen LogP contribution in [0.15, 0.2) is 54.7 Å². The number of hydrogen-bond acceptors (Lipinski definition) is 4. The van der Waals surface area contributed by atoms with E-state index in [1.54, 1.807) is 26.5 Å². The lowest BCUT2D eigenvalue weighted by atomic mass is 10.2. The molecule has 0 aromatic heterocycles. The van der Waals surface area contributed by atoms with E-state index in [0.717, 1.165) is 11.1 Å². The molecule has 126 valence electrons. The van der Waals surface area contributed by atoms with E-state index in [2.05, 4.69) is 0 Å². The van der Waals surface area contributed by atoms with Crippen molar-refractivity contribution in [3.8, 4) is 11.5 Å². The van der Waals surface area contributed by atoms with Crippen LogP contribution in [0.4, 0.5) is 0 Å². The van der Waals surface area contributed by atoms with E-state index in [4.69, 9.17) is 14.3 Å². The maximum atomic E-state index is 11.7. The second-order valence-electron chi connectivity index (χ2n) is 5.02. The number of methoxy groups -OCH3 is 2. The summed E-state index contributed by atoms with van der Waals surface area (Å²) in [6.45, 7) is 1.65. The zero-order valence-electron chi connectivity index (χ0n) is 14.1. The topological polar surface area (TPSA) is 48.0 Å². The molecule has 0 aliphatic rings. The van der Waals surface area contributed by atoms with Crippen molar-refractivity contribution in [3.63, 3.8) is 0 Å². The van der Waals surface area contributed by atoms with Crippen molar-refractivity contribution in [1.29, 1.82) is 0 Å². The standard InChI is InChI=1S/C19H21NO4/c1-15(21)20(12-11-16-7-5-4-6-8-16)24-14-17-9-10-18(22-2)13-19(17)23-3/h4-13H,14H2,1-3H3/b12-11+. The largest absolute Gasteiger partial charge is 0.497 e. The minimum absolute atomic E-state index is 0.200. The lowest BCUT2D eigenvalue weighted by Gasteiger charge is -2.17. The van der Waals surface area contributed by atoms with Gasteiger partial charge in [0.2, 0.25) is 5.91 Å². The number of hydrogen-bond donors (Lipinski definition) is 0. The number of nitrogens with zero attached hydrogens (tertiary/aromatic N) is 1. The van der Waals surface area contributed by atoms with Gasteiger partial charge >= 0.3 is 0 Å². The van der Waals surface area contributed by atoms with Gasteiger partial charge in [-0.05, 0) is 23.8 Å².